The minimum atomic E-state index is -0.968. The van der Waals surface area contributed by atoms with E-state index >= 15 is 0 Å². The number of nitrogens with zero attached hydrogens (tertiary/aromatic N) is 1. The molecule has 188 valence electrons. The van der Waals surface area contributed by atoms with Crippen molar-refractivity contribution < 1.29 is 24.1 Å². The van der Waals surface area contributed by atoms with Gasteiger partial charge < -0.3 is 19.3 Å². The van der Waals surface area contributed by atoms with Crippen LogP contribution in [0.1, 0.15) is 61.4 Å². The van der Waals surface area contributed by atoms with Gasteiger partial charge in [0.05, 0.1) is 11.3 Å². The number of methoxy groups -OCH3 is 1. The average molecular weight is 488 g/mol. The molecule has 0 amide bonds. The lowest BCUT2D eigenvalue weighted by atomic mass is 9.48. The van der Waals surface area contributed by atoms with Crippen LogP contribution in [0.25, 0.3) is 22.0 Å². The van der Waals surface area contributed by atoms with Crippen molar-refractivity contribution in [1.29, 1.82) is 0 Å². The first kappa shape index (κ1) is 23.4. The summed E-state index contributed by atoms with van der Waals surface area (Å²) in [4.78, 5) is 15.6. The fourth-order valence-corrected chi connectivity index (χ4v) is 7.36. The summed E-state index contributed by atoms with van der Waals surface area (Å²) in [7, 11) is 1.63. The Hall–Kier alpha value is -2.96. The topological polar surface area (TPSA) is 77.9 Å². The molecule has 4 bridgehead atoms. The minimum absolute atomic E-state index is 0.151. The van der Waals surface area contributed by atoms with E-state index in [4.69, 9.17) is 14.2 Å². The van der Waals surface area contributed by atoms with E-state index in [2.05, 4.69) is 29.2 Å². The van der Waals surface area contributed by atoms with E-state index in [0.29, 0.717) is 0 Å². The summed E-state index contributed by atoms with van der Waals surface area (Å²) in [5, 5.41) is 11.5. The van der Waals surface area contributed by atoms with Gasteiger partial charge in [0.25, 0.3) is 0 Å². The molecule has 0 radical (unpaired) electrons. The van der Waals surface area contributed by atoms with Crippen LogP contribution in [0.2, 0.25) is 0 Å². The van der Waals surface area contributed by atoms with Gasteiger partial charge in [-0.25, -0.2) is 4.79 Å². The zero-order valence-electron chi connectivity index (χ0n) is 20.9. The molecule has 4 saturated carbocycles. The number of carboxylic acids is 1. The largest absolute Gasteiger partial charge is 0.478 e. The smallest absolute Gasteiger partial charge is 0.337 e. The van der Waals surface area contributed by atoms with Gasteiger partial charge in [0, 0.05) is 24.4 Å². The molecule has 7 rings (SSSR count). The Balaban J connectivity index is 1.40. The van der Waals surface area contributed by atoms with E-state index in [9.17, 15) is 9.90 Å². The molecular formula is C30H33NO5. The van der Waals surface area contributed by atoms with Crippen molar-refractivity contribution in [3.05, 3.63) is 59.8 Å². The fourth-order valence-electron chi connectivity index (χ4n) is 7.36. The van der Waals surface area contributed by atoms with Crippen LogP contribution in [-0.4, -0.2) is 36.3 Å². The number of hydrogen-bond donors (Lipinski definition) is 1. The molecule has 6 nitrogen and oxygen atoms in total. The van der Waals surface area contributed by atoms with Crippen LogP contribution in [0.15, 0.2) is 48.7 Å². The second-order valence-electron chi connectivity index (χ2n) is 11.1. The number of carbonyl (C=O) groups is 1. The van der Waals surface area contributed by atoms with Gasteiger partial charge in [0.2, 0.25) is 0 Å². The normalized spacial score (nSPS) is 27.3. The van der Waals surface area contributed by atoms with E-state index in [-0.39, 0.29) is 24.1 Å². The van der Waals surface area contributed by atoms with Crippen LogP contribution in [0.4, 0.5) is 0 Å². The maximum atomic E-state index is 11.2. The second-order valence-corrected chi connectivity index (χ2v) is 11.1. The van der Waals surface area contributed by atoms with Gasteiger partial charge in [-0.05, 0) is 110 Å². The Morgan fingerprint density at radius 1 is 1.03 bits per heavy atom. The highest BCUT2D eigenvalue weighted by molar-refractivity contribution is 5.90. The molecule has 36 heavy (non-hydrogen) atoms. The van der Waals surface area contributed by atoms with E-state index in [1.54, 1.807) is 19.2 Å². The van der Waals surface area contributed by atoms with Crippen LogP contribution in [-0.2, 0) is 14.9 Å². The number of pyridine rings is 1. The molecule has 1 heterocycles. The van der Waals surface area contributed by atoms with Crippen molar-refractivity contribution in [2.24, 2.45) is 17.8 Å². The number of rotatable bonds is 8. The maximum Gasteiger partial charge on any atom is 0.337 e. The molecule has 1 aromatic heterocycles. The average Bonchev–Trinajstić information content (AvgIpc) is 2.87. The molecular weight excluding hydrogens is 454 g/mol. The van der Waals surface area contributed by atoms with Gasteiger partial charge in [0.15, 0.2) is 13.1 Å². The molecule has 0 saturated heterocycles. The highest BCUT2D eigenvalue weighted by atomic mass is 16.7. The minimum Gasteiger partial charge on any atom is -0.478 e. The zero-order valence-corrected chi connectivity index (χ0v) is 20.9. The lowest BCUT2D eigenvalue weighted by molar-refractivity contribution is -0.150. The third-order valence-corrected chi connectivity index (χ3v) is 8.70. The third kappa shape index (κ3) is 4.27. The summed E-state index contributed by atoms with van der Waals surface area (Å²) in [6.07, 6.45) is 8.99. The van der Waals surface area contributed by atoms with Gasteiger partial charge in [-0.1, -0.05) is 12.1 Å². The summed E-state index contributed by atoms with van der Waals surface area (Å²) in [5.74, 6) is 2.43. The fraction of sp³-hybridized carbons (Fsp3) is 0.467. The molecule has 3 aromatic rings. The lowest BCUT2D eigenvalue weighted by Crippen LogP contribution is -2.48. The number of ether oxygens (including phenoxy) is 3. The summed E-state index contributed by atoms with van der Waals surface area (Å²) < 4.78 is 17.2. The monoisotopic (exact) mass is 487 g/mol. The molecule has 1 N–H and O–H groups in total. The number of carboxylic acid groups (broad SMARTS) is 1. The molecule has 4 fully saturated rings. The summed E-state index contributed by atoms with van der Waals surface area (Å²) in [6, 6.07) is 14.2. The predicted octanol–water partition coefficient (Wildman–Crippen LogP) is 6.41. The Labute approximate surface area is 211 Å². The van der Waals surface area contributed by atoms with Crippen LogP contribution in [0.3, 0.4) is 0 Å². The van der Waals surface area contributed by atoms with E-state index in [1.165, 1.54) is 50.3 Å². The zero-order chi connectivity index (χ0) is 24.9. The quantitative estimate of drug-likeness (QED) is 0.370. The van der Waals surface area contributed by atoms with E-state index in [1.807, 2.05) is 13.0 Å². The molecule has 6 heteroatoms. The Bertz CT molecular complexity index is 1250. The van der Waals surface area contributed by atoms with E-state index in [0.717, 1.165) is 45.5 Å². The maximum absolute atomic E-state index is 11.2. The van der Waals surface area contributed by atoms with Gasteiger partial charge in [-0.15, -0.1) is 0 Å². The predicted molar refractivity (Wildman–Crippen MR) is 137 cm³/mol. The molecule has 4 aliphatic carbocycles. The Kier molecular flexibility index (Phi) is 5.97. The van der Waals surface area contributed by atoms with Crippen molar-refractivity contribution in [2.45, 2.75) is 57.2 Å². The third-order valence-electron chi connectivity index (χ3n) is 8.70. The van der Waals surface area contributed by atoms with Crippen LogP contribution in [0, 0.1) is 17.8 Å². The lowest BCUT2D eigenvalue weighted by Gasteiger charge is -2.57. The van der Waals surface area contributed by atoms with Crippen molar-refractivity contribution in [2.75, 3.05) is 13.9 Å². The number of aromatic nitrogens is 1. The van der Waals surface area contributed by atoms with Gasteiger partial charge in [0.1, 0.15) is 5.75 Å². The summed E-state index contributed by atoms with van der Waals surface area (Å²) >= 11 is 0. The number of benzene rings is 2. The van der Waals surface area contributed by atoms with E-state index < -0.39 is 5.97 Å². The molecule has 1 atom stereocenters. The second kappa shape index (κ2) is 9.16. The Morgan fingerprint density at radius 2 is 1.75 bits per heavy atom. The first-order valence-corrected chi connectivity index (χ1v) is 13.0. The molecule has 1 unspecified atom stereocenters. The molecule has 0 spiro atoms. The van der Waals surface area contributed by atoms with Gasteiger partial charge >= 0.3 is 5.97 Å². The number of hydrogen-bond acceptors (Lipinski definition) is 5. The first-order valence-electron chi connectivity index (χ1n) is 13.0. The SMILES string of the molecule is COC(C)OCOc1cc2ccc(-c3ccc(C(=O)O)cn3)cc2cc1C12CC3CC(CC(C3)C1)C2. The van der Waals surface area contributed by atoms with Crippen LogP contribution in [0.5, 0.6) is 5.75 Å². The molecule has 4 aliphatic rings. The molecule has 0 aliphatic heterocycles. The van der Waals surface area contributed by atoms with Gasteiger partial charge in [-0.3, -0.25) is 4.98 Å². The molecule has 2 aromatic carbocycles. The number of fused-ring (bicyclic) bond motifs is 1. The van der Waals surface area contributed by atoms with Crippen LogP contribution >= 0.6 is 0 Å². The summed E-state index contributed by atoms with van der Waals surface area (Å²) in [6.45, 7) is 2.01. The van der Waals surface area contributed by atoms with Crippen molar-refractivity contribution in [1.82, 2.24) is 4.98 Å². The standard InChI is InChI=1S/C30H33NO5/c1-18(34-2)35-17-36-28-12-22-3-4-23(27-6-5-24(16-31-27)29(32)33)10-25(22)11-26(28)30-13-19-7-20(14-30)9-21(8-19)15-30/h3-6,10-12,16,18-21H,7-9,13-15,17H2,1-2H3,(H,32,33). The number of aromatic carboxylic acids is 1. The van der Waals surface area contributed by atoms with Crippen LogP contribution < -0.4 is 4.74 Å². The Morgan fingerprint density at radius 3 is 2.36 bits per heavy atom. The highest BCUT2D eigenvalue weighted by Gasteiger charge is 2.52. The first-order chi connectivity index (χ1) is 17.4. The van der Waals surface area contributed by atoms with Crippen molar-refractivity contribution in [3.8, 4) is 17.0 Å². The van der Waals surface area contributed by atoms with Crippen molar-refractivity contribution in [3.63, 3.8) is 0 Å². The van der Waals surface area contributed by atoms with Crippen molar-refractivity contribution >= 4 is 16.7 Å². The summed E-state index contributed by atoms with van der Waals surface area (Å²) in [5.41, 5.74) is 3.41. The van der Waals surface area contributed by atoms with Gasteiger partial charge in [-0.2, -0.15) is 0 Å². The highest BCUT2D eigenvalue weighted by Crippen LogP contribution is 2.62.